The molecule has 3 nitrogen and oxygen atoms in total. The van der Waals surface area contributed by atoms with E-state index in [4.69, 9.17) is 0 Å². The Kier molecular flexibility index (Phi) is 3.77. The second-order valence-corrected chi connectivity index (χ2v) is 4.39. The molecule has 0 radical (unpaired) electrons. The maximum absolute atomic E-state index is 13.4. The quantitative estimate of drug-likeness (QED) is 0.900. The van der Waals surface area contributed by atoms with Crippen molar-refractivity contribution in [2.24, 2.45) is 7.05 Å². The molecule has 2 aromatic rings. The average Bonchev–Trinajstić information content (AvgIpc) is 2.76. The Balaban J connectivity index is 2.47. The van der Waals surface area contributed by atoms with Gasteiger partial charge in [0.05, 0.1) is 5.69 Å². The molecule has 1 aromatic carbocycles. The van der Waals surface area contributed by atoms with E-state index < -0.39 is 0 Å². The first-order chi connectivity index (χ1) is 8.61. The summed E-state index contributed by atoms with van der Waals surface area (Å²) in [5, 5.41) is 7.69. The topological polar surface area (TPSA) is 29.9 Å². The average molecular weight is 247 g/mol. The van der Waals surface area contributed by atoms with Gasteiger partial charge < -0.3 is 5.32 Å². The van der Waals surface area contributed by atoms with Crippen LogP contribution >= 0.6 is 0 Å². The molecule has 1 aromatic heterocycles. The monoisotopic (exact) mass is 247 g/mol. The van der Waals surface area contributed by atoms with Crippen LogP contribution in [0.3, 0.4) is 0 Å². The number of nitrogens with zero attached hydrogens (tertiary/aromatic N) is 2. The Bertz CT molecular complexity index is 534. The molecule has 0 amide bonds. The van der Waals surface area contributed by atoms with E-state index in [1.54, 1.807) is 10.7 Å². The first-order valence-electron chi connectivity index (χ1n) is 6.14. The van der Waals surface area contributed by atoms with Crippen molar-refractivity contribution in [1.82, 2.24) is 15.1 Å². The molecule has 96 valence electrons. The summed E-state index contributed by atoms with van der Waals surface area (Å²) in [7, 11) is 1.86. The molecule has 0 bridgehead atoms. The fourth-order valence-electron chi connectivity index (χ4n) is 2.10. The third-order valence-electron chi connectivity index (χ3n) is 2.98. The first-order valence-corrected chi connectivity index (χ1v) is 6.14. The van der Waals surface area contributed by atoms with Crippen molar-refractivity contribution < 1.29 is 4.39 Å². The highest BCUT2D eigenvalue weighted by Crippen LogP contribution is 2.27. The van der Waals surface area contributed by atoms with Crippen molar-refractivity contribution in [3.8, 4) is 11.3 Å². The predicted molar refractivity (Wildman–Crippen MR) is 70.7 cm³/mol. The molecule has 1 N–H and O–H groups in total. The predicted octanol–water partition coefficient (Wildman–Crippen LogP) is 2.90. The normalized spacial score (nSPS) is 12.7. The third-order valence-corrected chi connectivity index (χ3v) is 2.98. The summed E-state index contributed by atoms with van der Waals surface area (Å²) in [6.45, 7) is 5.00. The van der Waals surface area contributed by atoms with E-state index in [9.17, 15) is 4.39 Å². The van der Waals surface area contributed by atoms with Crippen molar-refractivity contribution >= 4 is 0 Å². The molecule has 1 unspecified atom stereocenters. The van der Waals surface area contributed by atoms with Gasteiger partial charge in [-0.25, -0.2) is 4.39 Å². The largest absolute Gasteiger partial charge is 0.310 e. The summed E-state index contributed by atoms with van der Waals surface area (Å²) >= 11 is 0. The number of hydrogen-bond donors (Lipinski definition) is 1. The summed E-state index contributed by atoms with van der Waals surface area (Å²) < 4.78 is 15.2. The lowest BCUT2D eigenvalue weighted by atomic mass is 9.99. The Labute approximate surface area is 107 Å². The van der Waals surface area contributed by atoms with E-state index >= 15 is 0 Å². The van der Waals surface area contributed by atoms with Gasteiger partial charge in [-0.15, -0.1) is 0 Å². The summed E-state index contributed by atoms with van der Waals surface area (Å²) in [6, 6.07) is 6.94. The summed E-state index contributed by atoms with van der Waals surface area (Å²) in [6.07, 6.45) is 1.86. The van der Waals surface area contributed by atoms with Gasteiger partial charge >= 0.3 is 0 Å². The number of aryl methyl sites for hydroxylation is 1. The van der Waals surface area contributed by atoms with Crippen LogP contribution in [0, 0.1) is 5.82 Å². The number of halogens is 1. The molecule has 0 saturated carbocycles. The molecule has 2 rings (SSSR count). The summed E-state index contributed by atoms with van der Waals surface area (Å²) in [5.41, 5.74) is 2.72. The molecular weight excluding hydrogens is 229 g/mol. The molecule has 1 heterocycles. The molecule has 4 heteroatoms. The Morgan fingerprint density at radius 3 is 2.78 bits per heavy atom. The van der Waals surface area contributed by atoms with Crippen molar-refractivity contribution in [2.45, 2.75) is 19.9 Å². The molecule has 0 aliphatic heterocycles. The van der Waals surface area contributed by atoms with E-state index in [-0.39, 0.29) is 11.9 Å². The number of rotatable bonds is 4. The third kappa shape index (κ3) is 2.59. The second kappa shape index (κ2) is 5.31. The van der Waals surface area contributed by atoms with Crippen molar-refractivity contribution in [2.75, 3.05) is 6.54 Å². The molecular formula is C14H18FN3. The SMILES string of the molecule is CCNC(C)c1ccc(F)cc1-c1ccn(C)n1. The number of hydrogen-bond acceptors (Lipinski definition) is 2. The van der Waals surface area contributed by atoms with Crippen LogP contribution in [0.25, 0.3) is 11.3 Å². The van der Waals surface area contributed by atoms with Gasteiger partial charge in [0.15, 0.2) is 0 Å². The van der Waals surface area contributed by atoms with Crippen LogP contribution in [0.1, 0.15) is 25.5 Å². The van der Waals surface area contributed by atoms with Crippen LogP contribution in [0.5, 0.6) is 0 Å². The van der Waals surface area contributed by atoms with E-state index in [0.29, 0.717) is 0 Å². The highest BCUT2D eigenvalue weighted by Gasteiger charge is 2.13. The van der Waals surface area contributed by atoms with Gasteiger partial charge in [0.25, 0.3) is 0 Å². The van der Waals surface area contributed by atoms with Crippen LogP contribution in [0.15, 0.2) is 30.5 Å². The van der Waals surface area contributed by atoms with Gasteiger partial charge in [0.1, 0.15) is 5.82 Å². The maximum atomic E-state index is 13.4. The van der Waals surface area contributed by atoms with Gasteiger partial charge in [-0.1, -0.05) is 13.0 Å². The zero-order valence-corrected chi connectivity index (χ0v) is 10.9. The lowest BCUT2D eigenvalue weighted by molar-refractivity contribution is 0.593. The number of benzene rings is 1. The van der Waals surface area contributed by atoms with Gasteiger partial charge in [0, 0.05) is 24.8 Å². The number of nitrogens with one attached hydrogen (secondary N) is 1. The minimum absolute atomic E-state index is 0.174. The van der Waals surface area contributed by atoms with Gasteiger partial charge in [0.2, 0.25) is 0 Å². The van der Waals surface area contributed by atoms with E-state index in [0.717, 1.165) is 23.4 Å². The highest BCUT2D eigenvalue weighted by atomic mass is 19.1. The fraction of sp³-hybridized carbons (Fsp3) is 0.357. The van der Waals surface area contributed by atoms with E-state index in [1.807, 2.05) is 25.4 Å². The fourth-order valence-corrected chi connectivity index (χ4v) is 2.10. The second-order valence-electron chi connectivity index (χ2n) is 4.39. The zero-order valence-electron chi connectivity index (χ0n) is 10.9. The lowest BCUT2D eigenvalue weighted by Gasteiger charge is -2.16. The van der Waals surface area contributed by atoms with Crippen LogP contribution in [0.4, 0.5) is 4.39 Å². The minimum atomic E-state index is -0.233. The zero-order chi connectivity index (χ0) is 13.1. The van der Waals surface area contributed by atoms with E-state index in [1.165, 1.54) is 6.07 Å². The molecule has 0 aliphatic rings. The lowest BCUT2D eigenvalue weighted by Crippen LogP contribution is -2.18. The van der Waals surface area contributed by atoms with Crippen molar-refractivity contribution in [1.29, 1.82) is 0 Å². The Hall–Kier alpha value is -1.68. The van der Waals surface area contributed by atoms with Gasteiger partial charge in [-0.05, 0) is 37.2 Å². The van der Waals surface area contributed by atoms with Crippen LogP contribution in [0.2, 0.25) is 0 Å². The summed E-state index contributed by atoms with van der Waals surface area (Å²) in [4.78, 5) is 0. The van der Waals surface area contributed by atoms with Crippen molar-refractivity contribution in [3.05, 3.63) is 41.8 Å². The van der Waals surface area contributed by atoms with Crippen molar-refractivity contribution in [3.63, 3.8) is 0 Å². The standard InChI is InChI=1S/C14H18FN3/c1-4-16-10(2)12-6-5-11(15)9-13(12)14-7-8-18(3)17-14/h5-10,16H,4H2,1-3H3. The minimum Gasteiger partial charge on any atom is -0.310 e. The highest BCUT2D eigenvalue weighted by molar-refractivity contribution is 5.64. The van der Waals surface area contributed by atoms with Crippen LogP contribution in [-0.4, -0.2) is 16.3 Å². The molecule has 0 spiro atoms. The van der Waals surface area contributed by atoms with Gasteiger partial charge in [-0.3, -0.25) is 4.68 Å². The Morgan fingerprint density at radius 2 is 2.17 bits per heavy atom. The van der Waals surface area contributed by atoms with Gasteiger partial charge in [-0.2, -0.15) is 5.10 Å². The molecule has 0 aliphatic carbocycles. The molecule has 18 heavy (non-hydrogen) atoms. The molecule has 1 atom stereocenters. The van der Waals surface area contributed by atoms with E-state index in [2.05, 4.69) is 24.3 Å². The summed E-state index contributed by atoms with van der Waals surface area (Å²) in [5.74, 6) is -0.233. The molecule has 0 saturated heterocycles. The maximum Gasteiger partial charge on any atom is 0.123 e. The first kappa shape index (κ1) is 12.8. The number of aromatic nitrogens is 2. The smallest absolute Gasteiger partial charge is 0.123 e. The van der Waals surface area contributed by atoms with Crippen LogP contribution in [-0.2, 0) is 7.05 Å². The Morgan fingerprint density at radius 1 is 1.39 bits per heavy atom. The molecule has 0 fully saturated rings. The van der Waals surface area contributed by atoms with Crippen LogP contribution < -0.4 is 5.32 Å².